The molecule has 0 amide bonds. The number of anilines is 1. The molecule has 0 saturated carbocycles. The van der Waals surface area contributed by atoms with Gasteiger partial charge in [0.25, 0.3) is 0 Å². The molecule has 0 heterocycles. The van der Waals surface area contributed by atoms with Crippen molar-refractivity contribution in [1.29, 1.82) is 0 Å². The molecule has 5 nitrogen and oxygen atoms in total. The van der Waals surface area contributed by atoms with Crippen molar-refractivity contribution in [3.8, 4) is 0 Å². The summed E-state index contributed by atoms with van der Waals surface area (Å²) in [4.78, 5) is 21.1. The SMILES string of the molecule is CC(=O)c1ccccc1N[N+](=O)[O-]. The monoisotopic (exact) mass is 180 g/mol. The molecule has 0 aromatic heterocycles. The standard InChI is InChI=1S/C8H8N2O3/c1-6(11)7-4-2-3-5-8(7)9-10(12)13/h2-5,9H,1H3. The molecular formula is C8H8N2O3. The van der Waals surface area contributed by atoms with Gasteiger partial charge < -0.3 is 0 Å². The van der Waals surface area contributed by atoms with Crippen LogP contribution in [0.5, 0.6) is 0 Å². The van der Waals surface area contributed by atoms with Gasteiger partial charge >= 0.3 is 0 Å². The highest BCUT2D eigenvalue weighted by atomic mass is 16.7. The molecule has 0 atom stereocenters. The first-order chi connectivity index (χ1) is 6.11. The number of nitro groups is 1. The zero-order valence-corrected chi connectivity index (χ0v) is 6.98. The number of carbonyl (C=O) groups is 1. The second kappa shape index (κ2) is 3.66. The molecule has 0 spiro atoms. The molecule has 13 heavy (non-hydrogen) atoms. The fraction of sp³-hybridized carbons (Fsp3) is 0.125. The highest BCUT2D eigenvalue weighted by Crippen LogP contribution is 2.14. The van der Waals surface area contributed by atoms with Crippen molar-refractivity contribution in [2.24, 2.45) is 0 Å². The lowest BCUT2D eigenvalue weighted by Crippen LogP contribution is -2.11. The lowest BCUT2D eigenvalue weighted by Gasteiger charge is -2.01. The van der Waals surface area contributed by atoms with Crippen molar-refractivity contribution in [2.75, 3.05) is 5.43 Å². The molecule has 0 saturated heterocycles. The number of hydrogen-bond donors (Lipinski definition) is 1. The van der Waals surface area contributed by atoms with Crippen LogP contribution in [0, 0.1) is 10.1 Å². The largest absolute Gasteiger partial charge is 0.294 e. The molecule has 0 fully saturated rings. The van der Waals surface area contributed by atoms with Crippen LogP contribution in [0.15, 0.2) is 24.3 Å². The number of nitrogens with zero attached hydrogens (tertiary/aromatic N) is 1. The second-order valence-electron chi connectivity index (χ2n) is 2.47. The van der Waals surface area contributed by atoms with E-state index in [1.807, 2.05) is 5.43 Å². The van der Waals surface area contributed by atoms with E-state index in [2.05, 4.69) is 0 Å². The van der Waals surface area contributed by atoms with E-state index in [1.165, 1.54) is 19.1 Å². The first-order valence-corrected chi connectivity index (χ1v) is 3.62. The van der Waals surface area contributed by atoms with Gasteiger partial charge in [-0.25, -0.2) is 10.1 Å². The fourth-order valence-corrected chi connectivity index (χ4v) is 0.986. The van der Waals surface area contributed by atoms with Crippen LogP contribution in [0.2, 0.25) is 0 Å². The van der Waals surface area contributed by atoms with Crippen molar-refractivity contribution in [2.45, 2.75) is 6.92 Å². The van der Waals surface area contributed by atoms with Gasteiger partial charge in [0, 0.05) is 5.56 Å². The van der Waals surface area contributed by atoms with E-state index in [4.69, 9.17) is 0 Å². The van der Waals surface area contributed by atoms with Crippen LogP contribution in [-0.4, -0.2) is 10.8 Å². The van der Waals surface area contributed by atoms with E-state index in [0.717, 1.165) is 0 Å². The van der Waals surface area contributed by atoms with Crippen molar-refractivity contribution in [3.05, 3.63) is 39.9 Å². The third-order valence-electron chi connectivity index (χ3n) is 1.52. The molecule has 1 aromatic rings. The molecule has 0 bridgehead atoms. The van der Waals surface area contributed by atoms with Gasteiger partial charge in [-0.15, -0.1) is 5.43 Å². The Labute approximate surface area is 74.5 Å². The summed E-state index contributed by atoms with van der Waals surface area (Å²) >= 11 is 0. The summed E-state index contributed by atoms with van der Waals surface area (Å²) in [5.74, 6) is -0.204. The molecule has 0 aliphatic heterocycles. The first kappa shape index (κ1) is 9.18. The van der Waals surface area contributed by atoms with Crippen molar-refractivity contribution in [3.63, 3.8) is 0 Å². The lowest BCUT2D eigenvalue weighted by molar-refractivity contribution is -0.445. The molecule has 5 heteroatoms. The van der Waals surface area contributed by atoms with Crippen LogP contribution < -0.4 is 5.43 Å². The Kier molecular flexibility index (Phi) is 2.59. The summed E-state index contributed by atoms with van der Waals surface area (Å²) < 4.78 is 0. The Balaban J connectivity index is 3.04. The summed E-state index contributed by atoms with van der Waals surface area (Å²) in [6, 6.07) is 6.30. The van der Waals surface area contributed by atoms with Crippen molar-refractivity contribution < 1.29 is 9.83 Å². The number of carbonyl (C=O) groups excluding carboxylic acids is 1. The summed E-state index contributed by atoms with van der Waals surface area (Å²) in [6.45, 7) is 1.36. The van der Waals surface area contributed by atoms with E-state index in [1.54, 1.807) is 12.1 Å². The topological polar surface area (TPSA) is 72.2 Å². The van der Waals surface area contributed by atoms with Crippen LogP contribution in [0.25, 0.3) is 0 Å². The van der Waals surface area contributed by atoms with Crippen LogP contribution in [0.3, 0.4) is 0 Å². The number of nitrogens with one attached hydrogen (secondary N) is 1. The van der Waals surface area contributed by atoms with Crippen LogP contribution >= 0.6 is 0 Å². The average Bonchev–Trinajstić information content (AvgIpc) is 2.03. The molecule has 0 aliphatic carbocycles. The van der Waals surface area contributed by atoms with Crippen LogP contribution in [0.1, 0.15) is 17.3 Å². The smallest absolute Gasteiger partial charge is 0.162 e. The van der Waals surface area contributed by atoms with Gasteiger partial charge in [-0.05, 0) is 19.1 Å². The fourth-order valence-electron chi connectivity index (χ4n) is 0.986. The van der Waals surface area contributed by atoms with Crippen LogP contribution in [-0.2, 0) is 0 Å². The third-order valence-corrected chi connectivity index (χ3v) is 1.52. The summed E-state index contributed by atoms with van der Waals surface area (Å²) in [5.41, 5.74) is 2.50. The Morgan fingerprint density at radius 3 is 2.62 bits per heavy atom. The number of Topliss-reactive ketones (excluding diaryl/α,β-unsaturated/α-hetero) is 1. The Bertz CT molecular complexity index is 349. The van der Waals surface area contributed by atoms with Gasteiger partial charge in [-0.3, -0.25) is 4.79 Å². The quantitative estimate of drug-likeness (QED) is 0.434. The number of ketones is 1. The van der Waals surface area contributed by atoms with Gasteiger partial charge in [0.1, 0.15) is 5.69 Å². The van der Waals surface area contributed by atoms with E-state index in [0.29, 0.717) is 5.56 Å². The minimum atomic E-state index is -0.693. The van der Waals surface area contributed by atoms with Gasteiger partial charge in [-0.1, -0.05) is 12.1 Å². The van der Waals surface area contributed by atoms with E-state index >= 15 is 0 Å². The summed E-state index contributed by atoms with van der Waals surface area (Å²) in [7, 11) is 0. The molecule has 0 unspecified atom stereocenters. The molecule has 68 valence electrons. The average molecular weight is 180 g/mol. The van der Waals surface area contributed by atoms with Gasteiger partial charge in [0.2, 0.25) is 0 Å². The number of hydrogen-bond acceptors (Lipinski definition) is 3. The normalized spacial score (nSPS) is 9.31. The van der Waals surface area contributed by atoms with E-state index in [9.17, 15) is 14.9 Å². The predicted octanol–water partition coefficient (Wildman–Crippen LogP) is 1.49. The highest BCUT2D eigenvalue weighted by molar-refractivity contribution is 5.99. The second-order valence-corrected chi connectivity index (χ2v) is 2.47. The first-order valence-electron chi connectivity index (χ1n) is 3.62. The zero-order chi connectivity index (χ0) is 9.84. The minimum absolute atomic E-state index is 0.204. The maximum atomic E-state index is 11.0. The summed E-state index contributed by atoms with van der Waals surface area (Å²) in [5, 5.41) is 9.43. The third kappa shape index (κ3) is 2.26. The van der Waals surface area contributed by atoms with Crippen molar-refractivity contribution >= 4 is 11.5 Å². The minimum Gasteiger partial charge on any atom is -0.294 e. The molecule has 1 aromatic carbocycles. The molecule has 0 aliphatic rings. The number of para-hydroxylation sites is 1. The molecule has 1 N–H and O–H groups in total. The van der Waals surface area contributed by atoms with Crippen LogP contribution in [0.4, 0.5) is 5.69 Å². The van der Waals surface area contributed by atoms with Gasteiger partial charge in [0.05, 0.1) is 0 Å². The zero-order valence-electron chi connectivity index (χ0n) is 6.98. The predicted molar refractivity (Wildman–Crippen MR) is 47.1 cm³/mol. The highest BCUT2D eigenvalue weighted by Gasteiger charge is 2.08. The Hall–Kier alpha value is -1.91. The Morgan fingerprint density at radius 1 is 1.46 bits per heavy atom. The number of rotatable bonds is 3. The van der Waals surface area contributed by atoms with Gasteiger partial charge in [0.15, 0.2) is 10.8 Å². The van der Waals surface area contributed by atoms with E-state index in [-0.39, 0.29) is 11.5 Å². The summed E-state index contributed by atoms with van der Waals surface area (Å²) in [6.07, 6.45) is 0. The molecule has 0 radical (unpaired) electrons. The van der Waals surface area contributed by atoms with E-state index < -0.39 is 5.03 Å². The molecular weight excluding hydrogens is 172 g/mol. The maximum absolute atomic E-state index is 11.0. The Morgan fingerprint density at radius 2 is 2.08 bits per heavy atom. The van der Waals surface area contributed by atoms with Crippen molar-refractivity contribution in [1.82, 2.24) is 0 Å². The number of hydrazine groups is 1. The number of benzene rings is 1. The molecule has 1 rings (SSSR count). The maximum Gasteiger partial charge on any atom is 0.162 e. The van der Waals surface area contributed by atoms with Gasteiger partial charge in [-0.2, -0.15) is 0 Å². The lowest BCUT2D eigenvalue weighted by atomic mass is 10.1.